The third kappa shape index (κ3) is 1.79. The molecule has 1 aromatic carbocycles. The van der Waals surface area contributed by atoms with Crippen LogP contribution in [-0.2, 0) is 0 Å². The van der Waals surface area contributed by atoms with Gasteiger partial charge in [0.05, 0.1) is 5.54 Å². The molecule has 1 amide bonds. The number of piperazine rings is 1. The summed E-state index contributed by atoms with van der Waals surface area (Å²) in [4.78, 5) is 14.1. The Labute approximate surface area is 104 Å². The predicted octanol–water partition coefficient (Wildman–Crippen LogP) is 1.54. The van der Waals surface area contributed by atoms with E-state index in [4.69, 9.17) is 0 Å². The van der Waals surface area contributed by atoms with E-state index in [0.29, 0.717) is 6.54 Å². The zero-order valence-corrected chi connectivity index (χ0v) is 9.88. The van der Waals surface area contributed by atoms with E-state index in [1.165, 1.54) is 6.07 Å². The lowest BCUT2D eigenvalue weighted by atomic mass is 10.1. The summed E-state index contributed by atoms with van der Waals surface area (Å²) in [5, 5.41) is 3.27. The molecule has 1 saturated heterocycles. The first-order valence-corrected chi connectivity index (χ1v) is 6.10. The molecule has 0 radical (unpaired) electrons. The zero-order chi connectivity index (χ0) is 12.8. The quantitative estimate of drug-likeness (QED) is 0.822. The van der Waals surface area contributed by atoms with Crippen LogP contribution in [0.25, 0.3) is 0 Å². The van der Waals surface area contributed by atoms with Crippen LogP contribution in [0.1, 0.15) is 23.2 Å². The minimum Gasteiger partial charge on any atom is -0.330 e. The summed E-state index contributed by atoms with van der Waals surface area (Å²) in [6.45, 7) is 2.16. The molecule has 1 aliphatic carbocycles. The molecule has 5 heteroatoms. The maximum atomic E-state index is 13.2. The van der Waals surface area contributed by atoms with Crippen molar-refractivity contribution in [3.8, 4) is 0 Å². The molecule has 0 aromatic heterocycles. The Hall–Kier alpha value is -1.49. The number of rotatable bonds is 1. The molecule has 3 rings (SSSR count). The minimum atomic E-state index is -0.971. The first-order chi connectivity index (χ1) is 8.62. The first kappa shape index (κ1) is 11.6. The van der Waals surface area contributed by atoms with Gasteiger partial charge in [-0.1, -0.05) is 0 Å². The van der Waals surface area contributed by atoms with E-state index in [0.717, 1.165) is 38.1 Å². The Balaban J connectivity index is 1.87. The lowest BCUT2D eigenvalue weighted by Crippen LogP contribution is -2.55. The van der Waals surface area contributed by atoms with Crippen LogP contribution in [0.2, 0.25) is 0 Å². The van der Waals surface area contributed by atoms with Gasteiger partial charge in [0.1, 0.15) is 0 Å². The highest BCUT2D eigenvalue weighted by atomic mass is 19.2. The Morgan fingerprint density at radius 3 is 2.72 bits per heavy atom. The lowest BCUT2D eigenvalue weighted by Gasteiger charge is -2.36. The van der Waals surface area contributed by atoms with E-state index in [-0.39, 0.29) is 17.0 Å². The second kappa shape index (κ2) is 4.02. The fourth-order valence-electron chi connectivity index (χ4n) is 2.54. The van der Waals surface area contributed by atoms with Gasteiger partial charge in [0, 0.05) is 25.2 Å². The molecule has 0 unspecified atom stereocenters. The number of nitrogens with one attached hydrogen (secondary N) is 1. The van der Waals surface area contributed by atoms with Gasteiger partial charge < -0.3 is 10.2 Å². The molecule has 3 nitrogen and oxygen atoms in total. The number of amides is 1. The second-order valence-corrected chi connectivity index (χ2v) is 4.99. The third-order valence-corrected chi connectivity index (χ3v) is 3.78. The number of carbonyl (C=O) groups excluding carboxylic acids is 1. The maximum Gasteiger partial charge on any atom is 0.254 e. The zero-order valence-electron chi connectivity index (χ0n) is 9.88. The highest BCUT2D eigenvalue weighted by Gasteiger charge is 2.51. The summed E-state index contributed by atoms with van der Waals surface area (Å²) in [6, 6.07) is 3.33. The highest BCUT2D eigenvalue weighted by Crippen LogP contribution is 2.42. The van der Waals surface area contributed by atoms with Gasteiger partial charge in [0.25, 0.3) is 5.91 Å². The Morgan fingerprint density at radius 2 is 2.06 bits per heavy atom. The molecule has 1 saturated carbocycles. The van der Waals surface area contributed by atoms with Gasteiger partial charge in [0.15, 0.2) is 11.6 Å². The predicted molar refractivity (Wildman–Crippen MR) is 62.2 cm³/mol. The van der Waals surface area contributed by atoms with E-state index >= 15 is 0 Å². The van der Waals surface area contributed by atoms with Crippen molar-refractivity contribution < 1.29 is 13.6 Å². The van der Waals surface area contributed by atoms with Crippen LogP contribution >= 0.6 is 0 Å². The molecule has 1 spiro atoms. The average Bonchev–Trinajstić information content (AvgIpc) is 3.13. The summed E-state index contributed by atoms with van der Waals surface area (Å²) in [5.74, 6) is -2.10. The van der Waals surface area contributed by atoms with Crippen LogP contribution in [0.5, 0.6) is 0 Å². The van der Waals surface area contributed by atoms with Crippen molar-refractivity contribution >= 4 is 5.91 Å². The maximum absolute atomic E-state index is 13.2. The van der Waals surface area contributed by atoms with E-state index in [9.17, 15) is 13.6 Å². The fraction of sp³-hybridized carbons (Fsp3) is 0.462. The normalized spacial score (nSPS) is 21.1. The van der Waals surface area contributed by atoms with Gasteiger partial charge in [-0.15, -0.1) is 0 Å². The molecule has 1 aliphatic heterocycles. The molecule has 0 atom stereocenters. The molecule has 2 fully saturated rings. The largest absolute Gasteiger partial charge is 0.330 e. The molecule has 2 aliphatic rings. The van der Waals surface area contributed by atoms with Gasteiger partial charge in [-0.2, -0.15) is 0 Å². The van der Waals surface area contributed by atoms with E-state index in [1.54, 1.807) is 4.90 Å². The average molecular weight is 252 g/mol. The summed E-state index contributed by atoms with van der Waals surface area (Å²) in [5.41, 5.74) is 0.141. The van der Waals surface area contributed by atoms with Crippen LogP contribution < -0.4 is 5.32 Å². The van der Waals surface area contributed by atoms with Crippen LogP contribution in [0.3, 0.4) is 0 Å². The summed E-state index contributed by atoms with van der Waals surface area (Å²) in [6.07, 6.45) is 1.96. The van der Waals surface area contributed by atoms with Crippen molar-refractivity contribution in [2.45, 2.75) is 18.4 Å². The Morgan fingerprint density at radius 1 is 1.28 bits per heavy atom. The molecule has 18 heavy (non-hydrogen) atoms. The highest BCUT2D eigenvalue weighted by molar-refractivity contribution is 5.95. The van der Waals surface area contributed by atoms with Crippen molar-refractivity contribution in [1.29, 1.82) is 0 Å². The second-order valence-electron chi connectivity index (χ2n) is 4.99. The van der Waals surface area contributed by atoms with Crippen LogP contribution in [0.15, 0.2) is 18.2 Å². The van der Waals surface area contributed by atoms with Crippen molar-refractivity contribution in [2.75, 3.05) is 19.6 Å². The number of hydrogen-bond acceptors (Lipinski definition) is 2. The Bertz CT molecular complexity index is 500. The Kier molecular flexibility index (Phi) is 2.59. The van der Waals surface area contributed by atoms with Crippen LogP contribution in [0.4, 0.5) is 8.78 Å². The fourth-order valence-corrected chi connectivity index (χ4v) is 2.54. The lowest BCUT2D eigenvalue weighted by molar-refractivity contribution is 0.0600. The van der Waals surface area contributed by atoms with Crippen molar-refractivity contribution in [3.63, 3.8) is 0 Å². The summed E-state index contributed by atoms with van der Waals surface area (Å²) in [7, 11) is 0. The molecule has 1 N–H and O–H groups in total. The third-order valence-electron chi connectivity index (χ3n) is 3.78. The number of hydrogen-bond donors (Lipinski definition) is 1. The molecule has 0 bridgehead atoms. The van der Waals surface area contributed by atoms with Gasteiger partial charge in [0.2, 0.25) is 0 Å². The van der Waals surface area contributed by atoms with Crippen molar-refractivity contribution in [3.05, 3.63) is 35.4 Å². The number of carbonyl (C=O) groups is 1. The number of halogens is 2. The van der Waals surface area contributed by atoms with Gasteiger partial charge in [-0.3, -0.25) is 4.79 Å². The van der Waals surface area contributed by atoms with E-state index in [1.807, 2.05) is 0 Å². The summed E-state index contributed by atoms with van der Waals surface area (Å²) >= 11 is 0. The molecular weight excluding hydrogens is 238 g/mol. The standard InChI is InChI=1S/C13H14F2N2O/c14-10-2-1-9(7-11(10)15)12(18)17-6-5-16-8-13(17)3-4-13/h1-2,7,16H,3-6,8H2. The van der Waals surface area contributed by atoms with Crippen LogP contribution in [0, 0.1) is 11.6 Å². The van der Waals surface area contributed by atoms with E-state index in [2.05, 4.69) is 5.32 Å². The summed E-state index contributed by atoms with van der Waals surface area (Å²) < 4.78 is 26.0. The van der Waals surface area contributed by atoms with Gasteiger partial charge >= 0.3 is 0 Å². The topological polar surface area (TPSA) is 32.3 Å². The van der Waals surface area contributed by atoms with Gasteiger partial charge in [-0.25, -0.2) is 8.78 Å². The van der Waals surface area contributed by atoms with Crippen molar-refractivity contribution in [1.82, 2.24) is 10.2 Å². The van der Waals surface area contributed by atoms with Gasteiger partial charge in [-0.05, 0) is 31.0 Å². The SMILES string of the molecule is O=C(c1ccc(F)c(F)c1)N1CCNCC12CC2. The van der Waals surface area contributed by atoms with Crippen LogP contribution in [-0.4, -0.2) is 36.0 Å². The molecule has 1 aromatic rings. The molecular formula is C13H14F2N2O. The smallest absolute Gasteiger partial charge is 0.254 e. The monoisotopic (exact) mass is 252 g/mol. The first-order valence-electron chi connectivity index (χ1n) is 6.10. The molecule has 96 valence electrons. The number of nitrogens with zero attached hydrogens (tertiary/aromatic N) is 1. The number of benzene rings is 1. The van der Waals surface area contributed by atoms with E-state index < -0.39 is 11.6 Å². The molecule has 1 heterocycles. The minimum absolute atomic E-state index is 0.0831. The van der Waals surface area contributed by atoms with Crippen molar-refractivity contribution in [2.24, 2.45) is 0 Å².